The number of likely N-dealkylation sites (tertiary alicyclic amines) is 1. The third-order valence-corrected chi connectivity index (χ3v) is 4.36. The van der Waals surface area contributed by atoms with Crippen LogP contribution < -0.4 is 5.32 Å². The van der Waals surface area contributed by atoms with Crippen LogP contribution in [-0.4, -0.2) is 38.3 Å². The normalized spacial score (nSPS) is 23.1. The maximum atomic E-state index is 5.28. The van der Waals surface area contributed by atoms with Crippen molar-refractivity contribution in [2.45, 2.75) is 25.8 Å². The summed E-state index contributed by atoms with van der Waals surface area (Å²) in [6.45, 7) is 5.53. The number of rotatable bonds is 4. The van der Waals surface area contributed by atoms with Crippen molar-refractivity contribution in [3.63, 3.8) is 0 Å². The summed E-state index contributed by atoms with van der Waals surface area (Å²) >= 11 is 0. The second kappa shape index (κ2) is 5.93. The summed E-state index contributed by atoms with van der Waals surface area (Å²) in [7, 11) is 1.81. The highest BCUT2D eigenvalue weighted by atomic mass is 16.5. The Morgan fingerprint density at radius 1 is 1.42 bits per heavy atom. The van der Waals surface area contributed by atoms with E-state index in [2.05, 4.69) is 28.4 Å². The zero-order valence-corrected chi connectivity index (χ0v) is 11.8. The minimum Gasteiger partial charge on any atom is -0.385 e. The lowest BCUT2D eigenvalue weighted by Crippen LogP contribution is -2.23. The minimum absolute atomic E-state index is 0.725. The Balaban J connectivity index is 1.67. The van der Waals surface area contributed by atoms with E-state index in [1.165, 1.54) is 43.6 Å². The Morgan fingerprint density at radius 2 is 2.37 bits per heavy atom. The molecular weight excluding hydrogens is 236 g/mol. The quantitative estimate of drug-likeness (QED) is 0.900. The van der Waals surface area contributed by atoms with Crippen LogP contribution in [0.15, 0.2) is 18.2 Å². The number of hydrogen-bond acceptors (Lipinski definition) is 3. The number of ether oxygens (including phenoxy) is 1. The minimum atomic E-state index is 0.725. The Hall–Kier alpha value is -1.06. The fourth-order valence-electron chi connectivity index (χ4n) is 3.40. The summed E-state index contributed by atoms with van der Waals surface area (Å²) in [5.74, 6) is 0.725. The van der Waals surface area contributed by atoms with E-state index < -0.39 is 0 Å². The molecule has 2 aliphatic rings. The largest absolute Gasteiger partial charge is 0.385 e. The molecule has 2 aliphatic heterocycles. The van der Waals surface area contributed by atoms with Crippen molar-refractivity contribution in [2.75, 3.05) is 38.7 Å². The first kappa shape index (κ1) is 12.9. The predicted octanol–water partition coefficient (Wildman–Crippen LogP) is 2.51. The number of nitrogens with one attached hydrogen (secondary N) is 1. The van der Waals surface area contributed by atoms with Crippen molar-refractivity contribution in [3.05, 3.63) is 29.3 Å². The van der Waals surface area contributed by atoms with E-state index in [0.717, 1.165) is 25.6 Å². The van der Waals surface area contributed by atoms with Gasteiger partial charge in [-0.1, -0.05) is 12.1 Å². The molecular formula is C16H24N2O. The summed E-state index contributed by atoms with van der Waals surface area (Å²) in [6.07, 6.45) is 3.77. The summed E-state index contributed by atoms with van der Waals surface area (Å²) in [6, 6.07) is 6.71. The Labute approximate surface area is 115 Å². The Morgan fingerprint density at radius 3 is 3.26 bits per heavy atom. The molecule has 1 atom stereocenters. The van der Waals surface area contributed by atoms with Crippen LogP contribution in [0.25, 0.3) is 0 Å². The van der Waals surface area contributed by atoms with Gasteiger partial charge in [-0.15, -0.1) is 0 Å². The van der Waals surface area contributed by atoms with E-state index in [0.29, 0.717) is 0 Å². The molecule has 2 heterocycles. The predicted molar refractivity (Wildman–Crippen MR) is 78.5 cm³/mol. The Kier molecular flexibility index (Phi) is 4.04. The first-order valence-corrected chi connectivity index (χ1v) is 7.43. The van der Waals surface area contributed by atoms with Gasteiger partial charge in [0.15, 0.2) is 0 Å². The van der Waals surface area contributed by atoms with Crippen LogP contribution in [0.4, 0.5) is 5.69 Å². The molecule has 1 N–H and O–H groups in total. The van der Waals surface area contributed by atoms with Gasteiger partial charge in [-0.3, -0.25) is 4.90 Å². The molecule has 0 saturated carbocycles. The van der Waals surface area contributed by atoms with E-state index in [1.54, 1.807) is 5.56 Å². The molecule has 1 aromatic rings. The second-order valence-corrected chi connectivity index (χ2v) is 5.82. The molecule has 1 saturated heterocycles. The molecule has 0 spiro atoms. The third-order valence-electron chi connectivity index (χ3n) is 4.36. The number of hydrogen-bond donors (Lipinski definition) is 1. The lowest BCUT2D eigenvalue weighted by molar-refractivity contribution is 0.152. The van der Waals surface area contributed by atoms with Gasteiger partial charge in [0.2, 0.25) is 0 Å². The van der Waals surface area contributed by atoms with Crippen molar-refractivity contribution >= 4 is 5.69 Å². The fourth-order valence-corrected chi connectivity index (χ4v) is 3.40. The van der Waals surface area contributed by atoms with Gasteiger partial charge in [0.25, 0.3) is 0 Å². The van der Waals surface area contributed by atoms with Crippen molar-refractivity contribution in [1.29, 1.82) is 0 Å². The van der Waals surface area contributed by atoms with Crippen LogP contribution in [0.1, 0.15) is 24.0 Å². The van der Waals surface area contributed by atoms with Gasteiger partial charge in [-0.2, -0.15) is 0 Å². The SMILES string of the molecule is COCC1CCN(Cc2cccc3c2CCCN3)C1. The van der Waals surface area contributed by atoms with Gasteiger partial charge in [0.05, 0.1) is 6.61 Å². The van der Waals surface area contributed by atoms with Crippen molar-refractivity contribution in [3.8, 4) is 0 Å². The average molecular weight is 260 g/mol. The van der Waals surface area contributed by atoms with E-state index in [9.17, 15) is 0 Å². The lowest BCUT2D eigenvalue weighted by Gasteiger charge is -2.24. The molecule has 104 valence electrons. The number of nitrogens with zero attached hydrogens (tertiary/aromatic N) is 1. The van der Waals surface area contributed by atoms with E-state index in [4.69, 9.17) is 4.74 Å². The molecule has 19 heavy (non-hydrogen) atoms. The maximum absolute atomic E-state index is 5.28. The van der Waals surface area contributed by atoms with Crippen molar-refractivity contribution in [1.82, 2.24) is 4.90 Å². The average Bonchev–Trinajstić information content (AvgIpc) is 2.87. The molecule has 1 fully saturated rings. The van der Waals surface area contributed by atoms with Crippen LogP contribution in [-0.2, 0) is 17.7 Å². The third kappa shape index (κ3) is 2.93. The van der Waals surface area contributed by atoms with E-state index >= 15 is 0 Å². The molecule has 0 aliphatic carbocycles. The standard InChI is InChI=1S/C16H24N2O/c1-19-12-13-7-9-18(10-13)11-14-4-2-6-16-15(14)5-3-8-17-16/h2,4,6,13,17H,3,5,7-12H2,1H3. The highest BCUT2D eigenvalue weighted by molar-refractivity contribution is 5.56. The van der Waals surface area contributed by atoms with E-state index in [1.807, 2.05) is 7.11 Å². The van der Waals surface area contributed by atoms with Crippen LogP contribution in [0.2, 0.25) is 0 Å². The lowest BCUT2D eigenvalue weighted by atomic mass is 9.97. The molecule has 0 radical (unpaired) electrons. The second-order valence-electron chi connectivity index (χ2n) is 5.82. The highest BCUT2D eigenvalue weighted by Gasteiger charge is 2.23. The van der Waals surface area contributed by atoms with E-state index in [-0.39, 0.29) is 0 Å². The smallest absolute Gasteiger partial charge is 0.0503 e. The van der Waals surface area contributed by atoms with Gasteiger partial charge in [0.1, 0.15) is 0 Å². The number of methoxy groups -OCH3 is 1. The van der Waals surface area contributed by atoms with Crippen LogP contribution >= 0.6 is 0 Å². The summed E-state index contributed by atoms with van der Waals surface area (Å²) < 4.78 is 5.28. The first-order valence-electron chi connectivity index (χ1n) is 7.43. The van der Waals surface area contributed by atoms with Gasteiger partial charge in [-0.05, 0) is 48.9 Å². The molecule has 3 rings (SSSR count). The molecule has 0 aromatic heterocycles. The Bertz CT molecular complexity index is 433. The zero-order valence-electron chi connectivity index (χ0n) is 11.8. The fraction of sp³-hybridized carbons (Fsp3) is 0.625. The van der Waals surface area contributed by atoms with Gasteiger partial charge < -0.3 is 10.1 Å². The molecule has 3 nitrogen and oxygen atoms in total. The number of benzene rings is 1. The number of fused-ring (bicyclic) bond motifs is 1. The molecule has 1 aromatic carbocycles. The van der Waals surface area contributed by atoms with Gasteiger partial charge >= 0.3 is 0 Å². The van der Waals surface area contributed by atoms with Crippen LogP contribution in [0, 0.1) is 5.92 Å². The van der Waals surface area contributed by atoms with Crippen molar-refractivity contribution < 1.29 is 4.74 Å². The van der Waals surface area contributed by atoms with Gasteiger partial charge in [-0.25, -0.2) is 0 Å². The molecule has 0 bridgehead atoms. The summed E-state index contributed by atoms with van der Waals surface area (Å²) in [5.41, 5.74) is 4.42. The van der Waals surface area contributed by atoms with Crippen LogP contribution in [0.5, 0.6) is 0 Å². The maximum Gasteiger partial charge on any atom is 0.0503 e. The topological polar surface area (TPSA) is 24.5 Å². The monoisotopic (exact) mass is 260 g/mol. The summed E-state index contributed by atoms with van der Waals surface area (Å²) in [5, 5.41) is 3.52. The van der Waals surface area contributed by atoms with Crippen LogP contribution in [0.3, 0.4) is 0 Å². The molecule has 3 heteroatoms. The highest BCUT2D eigenvalue weighted by Crippen LogP contribution is 2.27. The van der Waals surface area contributed by atoms with Gasteiger partial charge in [0, 0.05) is 32.4 Å². The zero-order chi connectivity index (χ0) is 13.1. The molecule has 1 unspecified atom stereocenters. The number of anilines is 1. The first-order chi connectivity index (χ1) is 9.36. The molecule has 0 amide bonds. The van der Waals surface area contributed by atoms with Crippen molar-refractivity contribution in [2.24, 2.45) is 5.92 Å². The summed E-state index contributed by atoms with van der Waals surface area (Å²) in [4.78, 5) is 2.58.